The van der Waals surface area contributed by atoms with Crippen molar-refractivity contribution in [2.75, 3.05) is 24.4 Å². The van der Waals surface area contributed by atoms with E-state index in [0.717, 1.165) is 16.7 Å². The van der Waals surface area contributed by atoms with E-state index >= 15 is 0 Å². The third kappa shape index (κ3) is 6.05. The second-order valence-electron chi connectivity index (χ2n) is 11.7. The number of aryl methyl sites for hydroxylation is 2. The van der Waals surface area contributed by atoms with Crippen LogP contribution in [0.3, 0.4) is 0 Å². The number of sulfonamides is 1. The van der Waals surface area contributed by atoms with Crippen molar-refractivity contribution in [3.8, 4) is 17.1 Å². The van der Waals surface area contributed by atoms with E-state index in [0.29, 0.717) is 25.2 Å². The number of carbonyl (C=O) groups is 1. The van der Waals surface area contributed by atoms with Gasteiger partial charge in [0, 0.05) is 42.7 Å². The van der Waals surface area contributed by atoms with E-state index in [9.17, 15) is 26.4 Å². The van der Waals surface area contributed by atoms with Gasteiger partial charge in [0.05, 0.1) is 16.0 Å². The zero-order valence-electron chi connectivity index (χ0n) is 23.7. The van der Waals surface area contributed by atoms with Gasteiger partial charge in [-0.05, 0) is 69.0 Å². The van der Waals surface area contributed by atoms with E-state index in [2.05, 4.69) is 20.0 Å². The van der Waals surface area contributed by atoms with Gasteiger partial charge in [-0.1, -0.05) is 24.3 Å². The van der Waals surface area contributed by atoms with E-state index in [4.69, 9.17) is 4.74 Å². The van der Waals surface area contributed by atoms with E-state index < -0.39 is 39.7 Å². The number of ether oxygens (including phenoxy) is 1. The smallest absolute Gasteiger partial charge is 0.394 e. The van der Waals surface area contributed by atoms with E-state index in [1.807, 2.05) is 36.9 Å². The molecule has 9 nitrogen and oxygen atoms in total. The fourth-order valence-corrected chi connectivity index (χ4v) is 7.00. The Morgan fingerprint density at radius 3 is 2.47 bits per heavy atom. The van der Waals surface area contributed by atoms with Crippen molar-refractivity contribution in [3.63, 3.8) is 0 Å². The number of nitrogens with zero attached hydrogens (tertiary/aromatic N) is 3. The molecule has 2 N–H and O–H groups in total. The first-order chi connectivity index (χ1) is 20.3. The summed E-state index contributed by atoms with van der Waals surface area (Å²) in [4.78, 5) is 23.8. The number of hydrogen-bond acceptors (Lipinski definition) is 7. The monoisotopic (exact) mass is 615 g/mol. The Bertz CT molecular complexity index is 1660. The molecule has 3 aliphatic rings. The molecule has 1 aromatic heterocycles. The molecule has 1 aliphatic carbocycles. The minimum Gasteiger partial charge on any atom is -0.473 e. The molecule has 2 aromatic carbocycles. The number of fused-ring (bicyclic) bond motifs is 6. The van der Waals surface area contributed by atoms with Gasteiger partial charge in [-0.2, -0.15) is 18.2 Å². The molecule has 43 heavy (non-hydrogen) atoms. The van der Waals surface area contributed by atoms with Crippen molar-refractivity contribution in [3.05, 3.63) is 65.2 Å². The maximum Gasteiger partial charge on any atom is 0.394 e. The summed E-state index contributed by atoms with van der Waals surface area (Å²) in [6, 6.07) is 12.6. The summed E-state index contributed by atoms with van der Waals surface area (Å²) in [5, 5.41) is 2.94. The molecule has 0 radical (unpaired) electrons. The molecule has 6 rings (SSSR count). The van der Waals surface area contributed by atoms with Crippen molar-refractivity contribution in [1.82, 2.24) is 20.2 Å². The normalized spacial score (nSPS) is 22.9. The zero-order chi connectivity index (χ0) is 30.6. The van der Waals surface area contributed by atoms with Gasteiger partial charge in [0.1, 0.15) is 6.10 Å². The fraction of sp³-hybridized carbons (Fsp3) is 0.433. The second kappa shape index (κ2) is 10.8. The molecule has 1 saturated heterocycles. The summed E-state index contributed by atoms with van der Waals surface area (Å²) in [7, 11) is -4.18. The summed E-state index contributed by atoms with van der Waals surface area (Å²) in [6.45, 7) is 4.70. The van der Waals surface area contributed by atoms with Crippen LogP contribution in [-0.4, -0.2) is 67.1 Å². The number of piperidine rings is 1. The van der Waals surface area contributed by atoms with Gasteiger partial charge in [-0.25, -0.2) is 18.1 Å². The van der Waals surface area contributed by atoms with Crippen LogP contribution < -0.4 is 14.8 Å². The van der Waals surface area contributed by atoms with Gasteiger partial charge < -0.3 is 10.1 Å². The van der Waals surface area contributed by atoms with Gasteiger partial charge in [-0.3, -0.25) is 9.69 Å². The van der Waals surface area contributed by atoms with Crippen LogP contribution >= 0.6 is 0 Å². The van der Waals surface area contributed by atoms with Crippen LogP contribution in [0.1, 0.15) is 47.2 Å². The maximum absolute atomic E-state index is 13.7. The SMILES string of the molecule is Cc1cccc(C)c1-c1cc2nc(n1)NS(=O)(=O)c1cccc(c1)C(=O)NC1CC(CN(CCC3(C(F)(F)F)CC3)C1)O2. The number of hydrogen-bond donors (Lipinski definition) is 2. The number of halogens is 3. The van der Waals surface area contributed by atoms with Crippen molar-refractivity contribution < 1.29 is 31.1 Å². The summed E-state index contributed by atoms with van der Waals surface area (Å²) >= 11 is 0. The Balaban J connectivity index is 1.39. The van der Waals surface area contributed by atoms with E-state index in [1.54, 1.807) is 6.07 Å². The highest BCUT2D eigenvalue weighted by atomic mass is 32.2. The highest BCUT2D eigenvalue weighted by Crippen LogP contribution is 2.60. The maximum atomic E-state index is 13.7. The first-order valence-corrected chi connectivity index (χ1v) is 15.7. The number of benzene rings is 2. The molecule has 2 aliphatic heterocycles. The Kier molecular flexibility index (Phi) is 7.36. The zero-order valence-corrected chi connectivity index (χ0v) is 24.6. The molecule has 13 heteroatoms. The van der Waals surface area contributed by atoms with Crippen LogP contribution in [0.2, 0.25) is 0 Å². The Labute approximate surface area is 247 Å². The molecule has 0 spiro atoms. The number of amides is 1. The lowest BCUT2D eigenvalue weighted by molar-refractivity contribution is -0.190. The van der Waals surface area contributed by atoms with Crippen molar-refractivity contribution in [2.45, 2.75) is 62.7 Å². The third-order valence-corrected chi connectivity index (χ3v) is 9.87. The van der Waals surface area contributed by atoms with Crippen LogP contribution in [-0.2, 0) is 10.0 Å². The summed E-state index contributed by atoms with van der Waals surface area (Å²) in [5.41, 5.74) is 1.59. The van der Waals surface area contributed by atoms with E-state index in [-0.39, 0.29) is 48.1 Å². The number of rotatable bonds is 4. The van der Waals surface area contributed by atoms with Crippen LogP contribution in [0.4, 0.5) is 19.1 Å². The number of likely N-dealkylation sites (tertiary alicyclic amines) is 1. The molecule has 1 saturated carbocycles. The predicted octanol–water partition coefficient (Wildman–Crippen LogP) is 4.86. The predicted molar refractivity (Wildman–Crippen MR) is 153 cm³/mol. The third-order valence-electron chi connectivity index (χ3n) is 8.54. The van der Waals surface area contributed by atoms with Gasteiger partial charge in [0.15, 0.2) is 0 Å². The standard InChI is InChI=1S/C30H32F3N5O4S/c1-18-5-3-6-19(2)26(18)24-15-25-36-28(35-24)37-43(40,41)23-8-4-7-20(13-23)27(39)34-21-14-22(42-25)17-38(16-21)12-11-29(9-10-29)30(31,32)33/h3-8,13,15,21-22H,9-12,14,16-17H2,1-2H3,(H,34,39)(H,35,36,37). The molecule has 1 amide bonds. The first kappa shape index (κ1) is 29.4. The first-order valence-electron chi connectivity index (χ1n) is 14.2. The Morgan fingerprint density at radius 1 is 1.05 bits per heavy atom. The number of anilines is 1. The van der Waals surface area contributed by atoms with Crippen LogP contribution in [0.15, 0.2) is 53.4 Å². The lowest BCUT2D eigenvalue weighted by Crippen LogP contribution is -2.54. The average molecular weight is 616 g/mol. The Morgan fingerprint density at radius 2 is 1.77 bits per heavy atom. The minimum absolute atomic E-state index is 0.0257. The highest BCUT2D eigenvalue weighted by Gasteiger charge is 2.62. The van der Waals surface area contributed by atoms with Gasteiger partial charge in [0.2, 0.25) is 11.8 Å². The minimum atomic E-state index is -4.25. The number of nitrogens with one attached hydrogen (secondary N) is 2. The Hall–Kier alpha value is -3.71. The molecule has 6 bridgehead atoms. The summed E-state index contributed by atoms with van der Waals surface area (Å²) in [6.07, 6.45) is -4.18. The second-order valence-corrected chi connectivity index (χ2v) is 13.4. The van der Waals surface area contributed by atoms with Crippen molar-refractivity contribution in [2.24, 2.45) is 5.41 Å². The summed E-state index contributed by atoms with van der Waals surface area (Å²) < 4.78 is 76.4. The molecule has 228 valence electrons. The topological polar surface area (TPSA) is 114 Å². The molecule has 3 aromatic rings. The number of alkyl halides is 3. The quantitative estimate of drug-likeness (QED) is 0.431. The van der Waals surface area contributed by atoms with Crippen LogP contribution in [0, 0.1) is 19.3 Å². The van der Waals surface area contributed by atoms with Gasteiger partial charge in [0.25, 0.3) is 15.9 Å². The van der Waals surface area contributed by atoms with Crippen molar-refractivity contribution in [1.29, 1.82) is 0 Å². The molecule has 2 fully saturated rings. The number of aromatic nitrogens is 2. The average Bonchev–Trinajstić information content (AvgIpc) is 3.73. The highest BCUT2D eigenvalue weighted by molar-refractivity contribution is 7.92. The lowest BCUT2D eigenvalue weighted by atomic mass is 9.98. The van der Waals surface area contributed by atoms with Crippen LogP contribution in [0.5, 0.6) is 5.88 Å². The summed E-state index contributed by atoms with van der Waals surface area (Å²) in [5.74, 6) is -0.574. The van der Waals surface area contributed by atoms with Crippen LogP contribution in [0.25, 0.3) is 11.3 Å². The molecule has 2 atom stereocenters. The number of carbonyl (C=O) groups excluding carboxylic acids is 1. The largest absolute Gasteiger partial charge is 0.473 e. The van der Waals surface area contributed by atoms with Gasteiger partial charge in [-0.15, -0.1) is 0 Å². The fourth-order valence-electron chi connectivity index (χ4n) is 6.01. The van der Waals surface area contributed by atoms with Gasteiger partial charge >= 0.3 is 6.18 Å². The lowest BCUT2D eigenvalue weighted by Gasteiger charge is -2.38. The molecular weight excluding hydrogens is 583 g/mol. The molecule has 3 heterocycles. The van der Waals surface area contributed by atoms with Crippen molar-refractivity contribution >= 4 is 21.9 Å². The molecular formula is C30H32F3N5O4S. The van der Waals surface area contributed by atoms with E-state index in [1.165, 1.54) is 24.3 Å². The molecule has 2 unspecified atom stereocenters.